The van der Waals surface area contributed by atoms with Gasteiger partial charge in [-0.3, -0.25) is 4.79 Å². The zero-order chi connectivity index (χ0) is 25.3. The molecule has 1 fully saturated rings. The zero-order valence-electron chi connectivity index (χ0n) is 21.0. The van der Waals surface area contributed by atoms with Crippen molar-refractivity contribution in [1.82, 2.24) is 0 Å². The second-order valence-electron chi connectivity index (χ2n) is 10.3. The Morgan fingerprint density at radius 3 is 2.15 bits per heavy atom. The minimum absolute atomic E-state index is 0.0214. The molecule has 0 amide bonds. The second-order valence-corrected chi connectivity index (χ2v) is 15.2. The van der Waals surface area contributed by atoms with Gasteiger partial charge in [0.25, 0.3) is 0 Å². The van der Waals surface area contributed by atoms with Gasteiger partial charge in [-0.2, -0.15) is 0 Å². The molecule has 2 aromatic rings. The number of methoxy groups -OCH3 is 2. The van der Waals surface area contributed by atoms with Crippen molar-refractivity contribution in [2.75, 3.05) is 20.8 Å². The number of phenolic OH excluding ortho intramolecular Hbond substituents is 2. The van der Waals surface area contributed by atoms with Crippen molar-refractivity contribution in [3.8, 4) is 23.0 Å². The molecule has 2 aromatic carbocycles. The molecule has 0 spiro atoms. The van der Waals surface area contributed by atoms with Gasteiger partial charge in [-0.1, -0.05) is 32.9 Å². The molecule has 0 unspecified atom stereocenters. The van der Waals surface area contributed by atoms with Crippen molar-refractivity contribution < 1.29 is 33.6 Å². The fraction of sp³-hybridized carbons (Fsp3) is 0.500. The first-order valence-corrected chi connectivity index (χ1v) is 14.4. The number of hydrogen-bond acceptors (Lipinski definition) is 7. The van der Waals surface area contributed by atoms with Gasteiger partial charge >= 0.3 is 5.97 Å². The number of esters is 1. The summed E-state index contributed by atoms with van der Waals surface area (Å²) in [4.78, 5) is 13.1. The molecule has 2 N–H and O–H groups in total. The van der Waals surface area contributed by atoms with Crippen molar-refractivity contribution in [3.63, 3.8) is 0 Å². The highest BCUT2D eigenvalue weighted by Gasteiger charge is 2.47. The van der Waals surface area contributed by atoms with Gasteiger partial charge in [0.1, 0.15) is 6.10 Å². The summed E-state index contributed by atoms with van der Waals surface area (Å²) in [7, 11) is 0.897. The Kier molecular flexibility index (Phi) is 7.52. The molecule has 0 bridgehead atoms. The van der Waals surface area contributed by atoms with Crippen LogP contribution < -0.4 is 9.47 Å². The maximum absolute atomic E-state index is 13.1. The van der Waals surface area contributed by atoms with Crippen molar-refractivity contribution >= 4 is 14.3 Å². The molecule has 8 heteroatoms. The van der Waals surface area contributed by atoms with Crippen molar-refractivity contribution in [2.45, 2.75) is 51.4 Å². The average molecular weight is 489 g/mol. The number of carbonyl (C=O) groups excluding carboxylic acids is 1. The Hall–Kier alpha value is -2.71. The van der Waals surface area contributed by atoms with E-state index < -0.39 is 20.3 Å². The number of cyclic esters (lactones) is 1. The van der Waals surface area contributed by atoms with Crippen LogP contribution in [0.3, 0.4) is 0 Å². The van der Waals surface area contributed by atoms with E-state index in [-0.39, 0.29) is 28.4 Å². The van der Waals surface area contributed by atoms with E-state index in [1.54, 1.807) is 36.4 Å². The van der Waals surface area contributed by atoms with Crippen LogP contribution in [0, 0.1) is 11.8 Å². The first kappa shape index (κ1) is 25.9. The molecule has 1 aliphatic heterocycles. The van der Waals surface area contributed by atoms with E-state index in [0.29, 0.717) is 24.5 Å². The molecule has 1 aliphatic rings. The minimum atomic E-state index is -2.08. The Morgan fingerprint density at radius 1 is 0.971 bits per heavy atom. The number of phenols is 2. The molecule has 0 aliphatic carbocycles. The number of aromatic hydroxyl groups is 2. The van der Waals surface area contributed by atoms with Crippen LogP contribution in [-0.2, 0) is 20.4 Å². The third kappa shape index (κ3) is 5.33. The number of hydrogen-bond donors (Lipinski definition) is 2. The highest BCUT2D eigenvalue weighted by molar-refractivity contribution is 6.74. The summed E-state index contributed by atoms with van der Waals surface area (Å²) in [5, 5.41) is 20.0. The summed E-state index contributed by atoms with van der Waals surface area (Å²) in [6.45, 7) is 11.3. The van der Waals surface area contributed by atoms with Crippen LogP contribution in [-0.4, -0.2) is 45.3 Å². The van der Waals surface area contributed by atoms with Gasteiger partial charge in [0, 0.05) is 12.5 Å². The SMILES string of the molecule is COc1cc(C[C@@H]2C(=O)O[C@H](c3ccc(O)c(OC)c3)[C@H]2CO[Si](C)(C)C(C)(C)C)ccc1O. The molecule has 3 atom stereocenters. The van der Waals surface area contributed by atoms with Gasteiger partial charge in [0.05, 0.1) is 20.1 Å². The number of rotatable bonds is 8. The summed E-state index contributed by atoms with van der Waals surface area (Å²) >= 11 is 0. The van der Waals surface area contributed by atoms with E-state index in [2.05, 4.69) is 33.9 Å². The van der Waals surface area contributed by atoms with E-state index in [4.69, 9.17) is 18.6 Å². The van der Waals surface area contributed by atoms with Crippen LogP contribution in [0.1, 0.15) is 38.0 Å². The lowest BCUT2D eigenvalue weighted by Gasteiger charge is -2.37. The van der Waals surface area contributed by atoms with E-state index in [9.17, 15) is 15.0 Å². The van der Waals surface area contributed by atoms with Crippen molar-refractivity contribution in [2.24, 2.45) is 11.8 Å². The molecule has 34 heavy (non-hydrogen) atoms. The number of ether oxygens (including phenoxy) is 3. The Morgan fingerprint density at radius 2 is 1.56 bits per heavy atom. The lowest BCUT2D eigenvalue weighted by molar-refractivity contribution is -0.144. The smallest absolute Gasteiger partial charge is 0.310 e. The lowest BCUT2D eigenvalue weighted by atomic mass is 9.84. The fourth-order valence-corrected chi connectivity index (χ4v) is 4.98. The van der Waals surface area contributed by atoms with E-state index in [0.717, 1.165) is 11.1 Å². The summed E-state index contributed by atoms with van der Waals surface area (Å²) in [6.07, 6.45) is -0.108. The number of carbonyl (C=O) groups is 1. The first-order chi connectivity index (χ1) is 15.9. The Labute approximate surface area is 202 Å². The summed E-state index contributed by atoms with van der Waals surface area (Å²) in [5.74, 6) is -0.223. The quantitative estimate of drug-likeness (QED) is 0.389. The topological polar surface area (TPSA) is 94.5 Å². The maximum Gasteiger partial charge on any atom is 0.310 e. The third-order valence-corrected chi connectivity index (χ3v) is 11.6. The van der Waals surface area contributed by atoms with Crippen LogP contribution in [0.15, 0.2) is 36.4 Å². The Balaban J connectivity index is 1.95. The van der Waals surface area contributed by atoms with Crippen LogP contribution in [0.2, 0.25) is 18.1 Å². The van der Waals surface area contributed by atoms with E-state index in [1.165, 1.54) is 14.2 Å². The van der Waals surface area contributed by atoms with Gasteiger partial charge in [-0.25, -0.2) is 0 Å². The monoisotopic (exact) mass is 488 g/mol. The van der Waals surface area contributed by atoms with Crippen LogP contribution in [0.5, 0.6) is 23.0 Å². The molecule has 7 nitrogen and oxygen atoms in total. The lowest BCUT2D eigenvalue weighted by Crippen LogP contribution is -2.43. The molecule has 1 saturated heterocycles. The molecule has 0 radical (unpaired) electrons. The number of benzene rings is 2. The normalized spacial score (nSPS) is 20.8. The molecule has 186 valence electrons. The van der Waals surface area contributed by atoms with Crippen LogP contribution in [0.4, 0.5) is 0 Å². The molecule has 0 aromatic heterocycles. The highest BCUT2D eigenvalue weighted by Crippen LogP contribution is 2.45. The van der Waals surface area contributed by atoms with Gasteiger partial charge in [0.15, 0.2) is 31.3 Å². The maximum atomic E-state index is 13.1. The van der Waals surface area contributed by atoms with Crippen molar-refractivity contribution in [3.05, 3.63) is 47.5 Å². The second kappa shape index (κ2) is 9.88. The fourth-order valence-electron chi connectivity index (χ4n) is 3.93. The highest BCUT2D eigenvalue weighted by atomic mass is 28.4. The summed E-state index contributed by atoms with van der Waals surface area (Å²) in [6, 6.07) is 10.1. The standard InChI is InChI=1S/C26H36O7Si/c1-26(2,3)34(6,7)32-15-19-18(12-16-8-10-20(27)22(13-16)30-4)25(29)33-24(19)17-9-11-21(28)23(14-17)31-5/h8-11,13-14,18-19,24,27-28H,12,15H2,1-7H3/t18-,19-,24+/m0/s1. The zero-order valence-corrected chi connectivity index (χ0v) is 22.0. The van der Waals surface area contributed by atoms with Gasteiger partial charge in [-0.05, 0) is 59.9 Å². The molecule has 3 rings (SSSR count). The van der Waals surface area contributed by atoms with Crippen molar-refractivity contribution in [1.29, 1.82) is 0 Å². The van der Waals surface area contributed by atoms with Crippen LogP contribution in [0.25, 0.3) is 0 Å². The Bertz CT molecular complexity index is 1030. The van der Waals surface area contributed by atoms with Crippen LogP contribution >= 0.6 is 0 Å². The molecule has 0 saturated carbocycles. The summed E-state index contributed by atoms with van der Waals surface area (Å²) < 4.78 is 23.0. The largest absolute Gasteiger partial charge is 0.504 e. The third-order valence-electron chi connectivity index (χ3n) is 7.13. The van der Waals surface area contributed by atoms with Gasteiger partial charge in [-0.15, -0.1) is 0 Å². The van der Waals surface area contributed by atoms with Gasteiger partial charge < -0.3 is 28.8 Å². The molecular weight excluding hydrogens is 452 g/mol. The first-order valence-electron chi connectivity index (χ1n) is 11.4. The predicted molar refractivity (Wildman–Crippen MR) is 132 cm³/mol. The minimum Gasteiger partial charge on any atom is -0.504 e. The predicted octanol–water partition coefficient (Wildman–Crippen LogP) is 5.21. The average Bonchev–Trinajstić information content (AvgIpc) is 3.08. The summed E-state index contributed by atoms with van der Waals surface area (Å²) in [5.41, 5.74) is 1.61. The molecular formula is C26H36O7Si. The van der Waals surface area contributed by atoms with E-state index in [1.807, 2.05) is 0 Å². The van der Waals surface area contributed by atoms with E-state index >= 15 is 0 Å². The van der Waals surface area contributed by atoms with Gasteiger partial charge in [0.2, 0.25) is 0 Å². The molecule has 1 heterocycles.